The van der Waals surface area contributed by atoms with Crippen LogP contribution in [0.3, 0.4) is 0 Å². The average Bonchev–Trinajstić information content (AvgIpc) is 3.42. The van der Waals surface area contributed by atoms with E-state index in [1.54, 1.807) is 56.5 Å². The molecule has 2 fully saturated rings. The van der Waals surface area contributed by atoms with Crippen molar-refractivity contribution in [3.63, 3.8) is 0 Å². The highest BCUT2D eigenvalue weighted by atomic mass is 19.2. The maximum absolute atomic E-state index is 15.2. The molecule has 2 amide bonds. The predicted molar refractivity (Wildman–Crippen MR) is 260 cm³/mol. The van der Waals surface area contributed by atoms with Crippen molar-refractivity contribution >= 4 is 11.8 Å². The molecule has 8 heterocycles. The monoisotopic (exact) mass is 1010 g/mol. The number of nitrogens with zero attached hydrogens (tertiary/aromatic N) is 8. The quantitative estimate of drug-likeness (QED) is 0.133. The molecular formula is C54H48F4N8O8. The number of fused-ring (bicyclic) bond motifs is 12. The van der Waals surface area contributed by atoms with Crippen molar-refractivity contribution in [2.24, 2.45) is 0 Å². The fraction of sp³-hybridized carbons (Fsp3) is 0.296. The molecule has 2 aliphatic carbocycles. The Hall–Kier alpha value is -8.42. The summed E-state index contributed by atoms with van der Waals surface area (Å²) in [6.45, 7) is 3.69. The fourth-order valence-electron chi connectivity index (χ4n) is 11.0. The Morgan fingerprint density at radius 2 is 0.986 bits per heavy atom. The van der Waals surface area contributed by atoms with E-state index in [0.717, 1.165) is 48.2 Å². The molecule has 2 spiro atoms. The minimum atomic E-state index is -1.13. The van der Waals surface area contributed by atoms with Crippen molar-refractivity contribution in [3.05, 3.63) is 199 Å². The maximum atomic E-state index is 15.2. The summed E-state index contributed by atoms with van der Waals surface area (Å²) in [5.41, 5.74) is 0.0425. The molecule has 0 saturated heterocycles. The van der Waals surface area contributed by atoms with Gasteiger partial charge in [0.15, 0.2) is 46.0 Å². The summed E-state index contributed by atoms with van der Waals surface area (Å²) in [7, 11) is 0. The maximum Gasteiger partial charge on any atom is 0.278 e. The van der Waals surface area contributed by atoms with Crippen LogP contribution in [0.25, 0.3) is 0 Å². The highest BCUT2D eigenvalue weighted by Gasteiger charge is 2.51. The normalized spacial score (nSPS) is 20.8. The van der Waals surface area contributed by atoms with Crippen LogP contribution >= 0.6 is 0 Å². The van der Waals surface area contributed by atoms with Crippen molar-refractivity contribution in [1.29, 1.82) is 0 Å². The van der Waals surface area contributed by atoms with E-state index in [-0.39, 0.29) is 60.6 Å². The van der Waals surface area contributed by atoms with Crippen LogP contribution < -0.4 is 30.3 Å². The Morgan fingerprint density at radius 3 is 1.35 bits per heavy atom. The number of hydrogen-bond donors (Lipinski definition) is 2. The molecule has 4 aromatic heterocycles. The zero-order chi connectivity index (χ0) is 51.8. The van der Waals surface area contributed by atoms with Crippen LogP contribution in [0, 0.1) is 37.1 Å². The zero-order valence-corrected chi connectivity index (χ0v) is 40.1. The first-order valence-electron chi connectivity index (χ1n) is 24.1. The molecular weight excluding hydrogens is 965 g/mol. The highest BCUT2D eigenvalue weighted by molar-refractivity contribution is 5.97. The van der Waals surface area contributed by atoms with Gasteiger partial charge in [-0.05, 0) is 112 Å². The van der Waals surface area contributed by atoms with Crippen molar-refractivity contribution in [2.75, 3.05) is 36.6 Å². The van der Waals surface area contributed by atoms with Gasteiger partial charge in [-0.15, -0.1) is 0 Å². The molecule has 2 aromatic carbocycles. The molecule has 6 aromatic rings. The van der Waals surface area contributed by atoms with Crippen LogP contribution in [-0.2, 0) is 0 Å². The molecule has 12 rings (SSSR count). The Balaban J connectivity index is 0.000000159. The molecule has 2 saturated carbocycles. The van der Waals surface area contributed by atoms with Gasteiger partial charge < -0.3 is 29.5 Å². The smallest absolute Gasteiger partial charge is 0.278 e. The van der Waals surface area contributed by atoms with E-state index in [0.29, 0.717) is 37.1 Å². The van der Waals surface area contributed by atoms with E-state index in [9.17, 15) is 38.2 Å². The molecule has 74 heavy (non-hydrogen) atoms. The van der Waals surface area contributed by atoms with Gasteiger partial charge in [-0.25, -0.2) is 8.78 Å². The van der Waals surface area contributed by atoms with E-state index in [1.165, 1.54) is 33.9 Å². The van der Waals surface area contributed by atoms with Gasteiger partial charge in [0.25, 0.3) is 11.8 Å². The SMILES string of the molecule is Cc1cccnc1[C@@H]1c2ccc(F)c(F)c2OC/C=C/C2(CCC2)N2CN1n1ccc(=O)c(O)c1C2=O.Cc1cccnc1[C@H]1c2ccc(F)c(F)c2OC/C=C/C2(CCC2)N2CN1n1ccc(=O)c(O)c1C2=O. The topological polar surface area (TPSA) is 176 Å². The summed E-state index contributed by atoms with van der Waals surface area (Å²) in [6.07, 6.45) is 17.5. The minimum Gasteiger partial charge on any atom is -0.502 e. The number of amides is 2. The third-order valence-electron chi connectivity index (χ3n) is 15.1. The second-order valence-electron chi connectivity index (χ2n) is 19.2. The van der Waals surface area contributed by atoms with Crippen molar-refractivity contribution in [3.8, 4) is 23.0 Å². The number of aromatic nitrogens is 4. The number of carbonyl (C=O) groups excluding carboxylic acids is 2. The largest absolute Gasteiger partial charge is 0.502 e. The molecule has 20 heteroatoms. The predicted octanol–water partition coefficient (Wildman–Crippen LogP) is 7.10. The molecule has 6 aliphatic rings. The summed E-state index contributed by atoms with van der Waals surface area (Å²) in [6, 6.07) is 12.8. The van der Waals surface area contributed by atoms with Gasteiger partial charge in [-0.2, -0.15) is 8.78 Å². The summed E-state index contributed by atoms with van der Waals surface area (Å²) < 4.78 is 73.8. The molecule has 380 valence electrons. The van der Waals surface area contributed by atoms with E-state index in [1.807, 2.05) is 38.1 Å². The average molecular weight is 1010 g/mol. The lowest BCUT2D eigenvalue weighted by Crippen LogP contribution is -2.64. The van der Waals surface area contributed by atoms with Gasteiger partial charge in [-0.1, -0.05) is 24.3 Å². The first-order valence-corrected chi connectivity index (χ1v) is 24.1. The summed E-state index contributed by atoms with van der Waals surface area (Å²) in [5, 5.41) is 25.0. The Morgan fingerprint density at radius 1 is 0.581 bits per heavy atom. The highest BCUT2D eigenvalue weighted by Crippen LogP contribution is 2.47. The third kappa shape index (κ3) is 7.55. The van der Waals surface area contributed by atoms with Gasteiger partial charge in [0.05, 0.1) is 22.5 Å². The number of carbonyl (C=O) groups is 2. The Kier molecular flexibility index (Phi) is 11.8. The Labute approximate surface area is 420 Å². The number of hydrogen-bond acceptors (Lipinski definition) is 12. The zero-order valence-electron chi connectivity index (χ0n) is 40.1. The van der Waals surface area contributed by atoms with Crippen LogP contribution in [0.15, 0.2) is 119 Å². The van der Waals surface area contributed by atoms with Crippen LogP contribution in [0.1, 0.15) is 105 Å². The van der Waals surface area contributed by atoms with Crippen molar-refractivity contribution in [1.82, 2.24) is 29.1 Å². The second kappa shape index (κ2) is 18.3. The van der Waals surface area contributed by atoms with E-state index < -0.39 is 80.6 Å². The number of benzene rings is 2. The Bertz CT molecular complexity index is 3260. The third-order valence-corrected chi connectivity index (χ3v) is 15.1. The number of aryl methyl sites for hydroxylation is 2. The van der Waals surface area contributed by atoms with Crippen LogP contribution in [0.4, 0.5) is 17.6 Å². The fourth-order valence-corrected chi connectivity index (χ4v) is 11.0. The number of aromatic hydroxyl groups is 2. The summed E-state index contributed by atoms with van der Waals surface area (Å²) in [4.78, 5) is 64.9. The summed E-state index contributed by atoms with van der Waals surface area (Å²) in [5.74, 6) is -7.22. The van der Waals surface area contributed by atoms with Gasteiger partial charge in [0.1, 0.15) is 38.6 Å². The molecule has 16 nitrogen and oxygen atoms in total. The lowest BCUT2D eigenvalue weighted by atomic mass is 9.74. The van der Waals surface area contributed by atoms with E-state index >= 15 is 8.78 Å². The lowest BCUT2D eigenvalue weighted by molar-refractivity contribution is 0.0248. The first kappa shape index (κ1) is 47.9. The first-order chi connectivity index (χ1) is 35.6. The number of pyridine rings is 4. The lowest BCUT2D eigenvalue weighted by Gasteiger charge is -2.53. The molecule has 0 unspecified atom stereocenters. The van der Waals surface area contributed by atoms with Crippen molar-refractivity contribution < 1.29 is 46.8 Å². The summed E-state index contributed by atoms with van der Waals surface area (Å²) >= 11 is 0. The molecule has 4 aliphatic heterocycles. The van der Waals surface area contributed by atoms with Gasteiger partial charge in [-0.3, -0.25) is 48.5 Å². The second-order valence-corrected chi connectivity index (χ2v) is 19.2. The minimum absolute atomic E-state index is 0.0393. The van der Waals surface area contributed by atoms with Gasteiger partial charge in [0.2, 0.25) is 22.5 Å². The molecule has 2 N–H and O–H groups in total. The van der Waals surface area contributed by atoms with Crippen LogP contribution in [0.5, 0.6) is 23.0 Å². The van der Waals surface area contributed by atoms with E-state index in [2.05, 4.69) is 9.97 Å². The number of rotatable bonds is 2. The molecule has 4 bridgehead atoms. The van der Waals surface area contributed by atoms with Crippen LogP contribution in [0.2, 0.25) is 0 Å². The molecule has 0 radical (unpaired) electrons. The van der Waals surface area contributed by atoms with E-state index in [4.69, 9.17) is 9.47 Å². The standard InChI is InChI=1S/2C27H24F2N4O4/c2*1-16-5-2-12-30-21(16)22-17-6-7-18(28)20(29)25(17)37-14-4-11-27(9-3-10-27)31-15-33(22)32-13-8-19(34)24(35)23(32)26(31)36/h2*2,4-8,11-13,22,35H,3,9-10,14-15H2,1H3/b2*11-4+/t2*22-/m10/s1. The number of halogens is 4. The molecule has 2 atom stereocenters. The van der Waals surface area contributed by atoms with Crippen molar-refractivity contribution in [2.45, 2.75) is 75.5 Å². The van der Waals surface area contributed by atoms with Gasteiger partial charge in [0, 0.05) is 48.0 Å². The van der Waals surface area contributed by atoms with Crippen LogP contribution in [-0.4, -0.2) is 88.8 Å². The van der Waals surface area contributed by atoms with Gasteiger partial charge >= 0.3 is 0 Å². The number of ether oxygens (including phenoxy) is 2.